The fourth-order valence-corrected chi connectivity index (χ4v) is 8.59. The van der Waals surface area contributed by atoms with Crippen molar-refractivity contribution in [2.24, 2.45) is 11.7 Å². The lowest BCUT2D eigenvalue weighted by Gasteiger charge is -2.25. The Balaban J connectivity index is 0.000000173. The summed E-state index contributed by atoms with van der Waals surface area (Å²) in [5, 5.41) is 15.7. The number of nitrogens with two attached hydrogens (primary N) is 1. The zero-order chi connectivity index (χ0) is 38.0. The molecule has 2 unspecified atom stereocenters. The predicted molar refractivity (Wildman–Crippen MR) is 235 cm³/mol. The van der Waals surface area contributed by atoms with Crippen molar-refractivity contribution in [2.45, 2.75) is 17.7 Å². The van der Waals surface area contributed by atoms with E-state index in [0.29, 0.717) is 0 Å². The smallest absolute Gasteiger partial charge is 0.123 e. The highest BCUT2D eigenvalue weighted by molar-refractivity contribution is 8.03. The Labute approximate surface area is 329 Å². The molecule has 7 aromatic carbocycles. The molecule has 4 heteroatoms. The van der Waals surface area contributed by atoms with Gasteiger partial charge in [-0.2, -0.15) is 0 Å². The molecule has 55 heavy (non-hydrogen) atoms. The van der Waals surface area contributed by atoms with Crippen LogP contribution in [0.4, 0.5) is 0 Å². The lowest BCUT2D eigenvalue weighted by molar-refractivity contribution is 0.737. The quantitative estimate of drug-likeness (QED) is 0.118. The predicted octanol–water partition coefficient (Wildman–Crippen LogP) is 13.1. The Morgan fingerprint density at radius 2 is 1.05 bits per heavy atom. The molecule has 1 heterocycles. The summed E-state index contributed by atoms with van der Waals surface area (Å²) in [7, 11) is 0. The first-order chi connectivity index (χ1) is 27.0. The molecular formula is C51H43N3S. The molecule has 0 amide bonds. The molecule has 0 saturated heterocycles. The summed E-state index contributed by atoms with van der Waals surface area (Å²) >= 11 is 1.89. The van der Waals surface area contributed by atoms with Crippen LogP contribution < -0.4 is 5.73 Å². The number of aryl methyl sites for hydroxylation is 1. The van der Waals surface area contributed by atoms with Crippen molar-refractivity contribution in [3.05, 3.63) is 227 Å². The van der Waals surface area contributed by atoms with E-state index in [4.69, 9.17) is 16.6 Å². The van der Waals surface area contributed by atoms with Gasteiger partial charge in [-0.25, -0.2) is 0 Å². The number of amidine groups is 1. The second-order valence-electron chi connectivity index (χ2n) is 13.5. The van der Waals surface area contributed by atoms with Gasteiger partial charge in [0.2, 0.25) is 0 Å². The standard InChI is InChI=1S/C31H23NS.C13H12N2.C7H8/c32-20-24-16-17-26(22-12-6-2-7-13-22)31-29(24)28-19-25(21-10-4-1-5-11-21)18-27(30(28)33-31)23-14-8-3-9-15-23;14-13(15)12-9-5-4-8-11(12)10-6-2-1-3-7-10;1-7-5-3-2-4-6-7/h1-20,24,29,32H;1-9H,(H3,14,15);2-6H,1H3. The minimum absolute atomic E-state index is 0.0656. The van der Waals surface area contributed by atoms with E-state index in [1.54, 1.807) is 6.21 Å². The Bertz CT molecular complexity index is 2440. The molecule has 0 fully saturated rings. The maximum absolute atomic E-state index is 8.19. The second-order valence-corrected chi connectivity index (χ2v) is 14.5. The van der Waals surface area contributed by atoms with Crippen LogP contribution in [0.15, 0.2) is 210 Å². The summed E-state index contributed by atoms with van der Waals surface area (Å²) in [5.74, 6) is 0.346. The summed E-state index contributed by atoms with van der Waals surface area (Å²) in [6.07, 6.45) is 6.03. The molecule has 0 aromatic heterocycles. The number of fused-ring (bicyclic) bond motifs is 3. The van der Waals surface area contributed by atoms with Gasteiger partial charge in [-0.05, 0) is 69.1 Å². The number of thioether (sulfide) groups is 1. The molecule has 0 radical (unpaired) electrons. The van der Waals surface area contributed by atoms with Crippen LogP contribution in [0.2, 0.25) is 0 Å². The number of rotatable bonds is 6. The Kier molecular flexibility index (Phi) is 11.8. The fraction of sp³-hybridized carbons (Fsp3) is 0.0588. The summed E-state index contributed by atoms with van der Waals surface area (Å²) < 4.78 is 0. The lowest BCUT2D eigenvalue weighted by atomic mass is 9.78. The zero-order valence-corrected chi connectivity index (χ0v) is 31.6. The first-order valence-electron chi connectivity index (χ1n) is 18.5. The minimum atomic E-state index is 0.0656. The number of nitrogen functional groups attached to an aromatic ring is 1. The third-order valence-corrected chi connectivity index (χ3v) is 11.1. The zero-order valence-electron chi connectivity index (χ0n) is 30.8. The summed E-state index contributed by atoms with van der Waals surface area (Å²) in [5.41, 5.74) is 18.5. The van der Waals surface area contributed by atoms with E-state index in [-0.39, 0.29) is 17.7 Å². The number of benzene rings is 7. The average Bonchev–Trinajstić information content (AvgIpc) is 3.65. The van der Waals surface area contributed by atoms with Gasteiger partial charge >= 0.3 is 0 Å². The van der Waals surface area contributed by atoms with Crippen LogP contribution in [0.1, 0.15) is 28.2 Å². The van der Waals surface area contributed by atoms with Gasteiger partial charge in [0.25, 0.3) is 0 Å². The van der Waals surface area contributed by atoms with Crippen LogP contribution in [-0.4, -0.2) is 12.1 Å². The van der Waals surface area contributed by atoms with E-state index in [1.807, 2.05) is 84.6 Å². The maximum Gasteiger partial charge on any atom is 0.123 e. The van der Waals surface area contributed by atoms with Gasteiger partial charge in [0, 0.05) is 33.4 Å². The van der Waals surface area contributed by atoms with Crippen LogP contribution in [0.3, 0.4) is 0 Å². The Hall–Kier alpha value is -6.49. The highest BCUT2D eigenvalue weighted by Gasteiger charge is 2.38. The molecule has 2 aliphatic rings. The first kappa shape index (κ1) is 36.9. The SMILES string of the molecule is Cc1ccccc1.N=C(N)c1ccccc1-c1ccccc1.N=CC1C=CC(c2ccccc2)=C2Sc3c(-c4ccccc4)cc(-c4ccccc4)cc3C21. The van der Waals surface area contributed by atoms with Crippen molar-refractivity contribution in [3.63, 3.8) is 0 Å². The molecule has 0 bridgehead atoms. The fourth-order valence-electron chi connectivity index (χ4n) is 7.08. The Morgan fingerprint density at radius 3 is 1.58 bits per heavy atom. The highest BCUT2D eigenvalue weighted by Crippen LogP contribution is 2.59. The molecule has 1 aliphatic carbocycles. The second kappa shape index (κ2) is 17.6. The summed E-state index contributed by atoms with van der Waals surface area (Å²) in [4.78, 5) is 2.68. The van der Waals surface area contributed by atoms with Crippen LogP contribution >= 0.6 is 11.8 Å². The summed E-state index contributed by atoms with van der Waals surface area (Å²) in [6, 6.07) is 64.6. The first-order valence-corrected chi connectivity index (χ1v) is 19.3. The van der Waals surface area contributed by atoms with Gasteiger partial charge in [-0.15, -0.1) is 0 Å². The molecule has 268 valence electrons. The normalized spacial score (nSPS) is 15.0. The number of allylic oxidation sites excluding steroid dienone is 4. The van der Waals surface area contributed by atoms with Gasteiger partial charge < -0.3 is 11.1 Å². The van der Waals surface area contributed by atoms with E-state index in [1.165, 1.54) is 54.3 Å². The van der Waals surface area contributed by atoms with Crippen molar-refractivity contribution in [2.75, 3.05) is 0 Å². The van der Waals surface area contributed by atoms with Crippen molar-refractivity contribution < 1.29 is 0 Å². The van der Waals surface area contributed by atoms with Crippen LogP contribution in [-0.2, 0) is 0 Å². The Morgan fingerprint density at radius 1 is 0.564 bits per heavy atom. The number of hydrogen-bond acceptors (Lipinski definition) is 3. The number of hydrogen-bond donors (Lipinski definition) is 3. The molecule has 1 aliphatic heterocycles. The van der Waals surface area contributed by atoms with Gasteiger partial charge in [-0.3, -0.25) is 5.41 Å². The van der Waals surface area contributed by atoms with Crippen LogP contribution in [0.25, 0.3) is 39.0 Å². The van der Waals surface area contributed by atoms with Gasteiger partial charge in [0.15, 0.2) is 0 Å². The van der Waals surface area contributed by atoms with Crippen molar-refractivity contribution >= 4 is 29.4 Å². The van der Waals surface area contributed by atoms with Crippen molar-refractivity contribution in [3.8, 4) is 33.4 Å². The maximum atomic E-state index is 8.19. The van der Waals surface area contributed by atoms with Gasteiger partial charge in [0.05, 0.1) is 0 Å². The van der Waals surface area contributed by atoms with Gasteiger partial charge in [-0.1, -0.05) is 205 Å². The van der Waals surface area contributed by atoms with Crippen molar-refractivity contribution in [1.29, 1.82) is 10.8 Å². The molecule has 9 rings (SSSR count). The molecule has 7 aromatic rings. The minimum Gasteiger partial charge on any atom is -0.384 e. The lowest BCUT2D eigenvalue weighted by Crippen LogP contribution is -2.14. The van der Waals surface area contributed by atoms with E-state index in [2.05, 4.69) is 134 Å². The van der Waals surface area contributed by atoms with Crippen LogP contribution in [0, 0.1) is 23.7 Å². The number of nitrogens with one attached hydrogen (secondary N) is 2. The van der Waals surface area contributed by atoms with E-state index in [0.717, 1.165) is 16.7 Å². The third-order valence-electron chi connectivity index (χ3n) is 9.79. The van der Waals surface area contributed by atoms with Crippen molar-refractivity contribution in [1.82, 2.24) is 0 Å². The molecule has 4 N–H and O–H groups in total. The highest BCUT2D eigenvalue weighted by atomic mass is 32.2. The third kappa shape index (κ3) is 8.51. The van der Waals surface area contributed by atoms with Gasteiger partial charge in [0.1, 0.15) is 5.84 Å². The van der Waals surface area contributed by atoms with E-state index >= 15 is 0 Å². The molecule has 2 atom stereocenters. The van der Waals surface area contributed by atoms with E-state index in [9.17, 15) is 0 Å². The average molecular weight is 730 g/mol. The molecule has 0 spiro atoms. The summed E-state index contributed by atoms with van der Waals surface area (Å²) in [6.45, 7) is 2.08. The van der Waals surface area contributed by atoms with Crippen LogP contribution in [0.5, 0.6) is 0 Å². The topological polar surface area (TPSA) is 73.7 Å². The molecule has 3 nitrogen and oxygen atoms in total. The monoisotopic (exact) mass is 729 g/mol. The molecular weight excluding hydrogens is 687 g/mol. The molecule has 0 saturated carbocycles. The largest absolute Gasteiger partial charge is 0.384 e. The van der Waals surface area contributed by atoms with E-state index < -0.39 is 0 Å².